The summed E-state index contributed by atoms with van der Waals surface area (Å²) in [5.74, 6) is 1.69. The molecule has 3 rings (SSSR count). The van der Waals surface area contributed by atoms with Gasteiger partial charge in [0, 0.05) is 12.1 Å². The molecule has 0 saturated carbocycles. The maximum absolute atomic E-state index is 13.1. The quantitative estimate of drug-likeness (QED) is 0.288. The van der Waals surface area contributed by atoms with Crippen LogP contribution in [0.1, 0.15) is 15.9 Å². The number of nitrogens with zero attached hydrogens (tertiary/aromatic N) is 1. The van der Waals surface area contributed by atoms with Crippen molar-refractivity contribution in [3.63, 3.8) is 0 Å². The third-order valence-corrected chi connectivity index (χ3v) is 5.30. The predicted octanol–water partition coefficient (Wildman–Crippen LogP) is 5.22. The molecule has 0 aliphatic heterocycles. The van der Waals surface area contributed by atoms with Crippen molar-refractivity contribution < 1.29 is 23.7 Å². The molecule has 0 N–H and O–H groups in total. The number of hydrogen-bond acceptors (Lipinski definition) is 6. The second kappa shape index (κ2) is 11.9. The Labute approximate surface area is 201 Å². The van der Waals surface area contributed by atoms with E-state index in [9.17, 15) is 4.79 Å². The molecule has 0 amide bonds. The Morgan fingerprint density at radius 2 is 1.53 bits per heavy atom. The van der Waals surface area contributed by atoms with Crippen molar-refractivity contribution in [3.05, 3.63) is 77.9 Å². The summed E-state index contributed by atoms with van der Waals surface area (Å²) in [5.41, 5.74) is 3.32. The molecule has 0 saturated heterocycles. The molecule has 0 aliphatic rings. The zero-order valence-electron chi connectivity index (χ0n) is 20.3. The third kappa shape index (κ3) is 5.97. The Kier molecular flexibility index (Phi) is 8.71. The minimum absolute atomic E-state index is 0.220. The van der Waals surface area contributed by atoms with Gasteiger partial charge in [0.25, 0.3) is 0 Å². The Morgan fingerprint density at radius 3 is 2.18 bits per heavy atom. The van der Waals surface area contributed by atoms with Gasteiger partial charge in [-0.25, -0.2) is 0 Å². The number of carbonyl (C=O) groups excluding carboxylic acids is 1. The van der Waals surface area contributed by atoms with Crippen LogP contribution in [0, 0.1) is 0 Å². The molecule has 6 nitrogen and oxygen atoms in total. The molecule has 0 unspecified atom stereocenters. The van der Waals surface area contributed by atoms with Crippen LogP contribution >= 0.6 is 0 Å². The van der Waals surface area contributed by atoms with Crippen LogP contribution in [0.2, 0.25) is 0 Å². The summed E-state index contributed by atoms with van der Waals surface area (Å²) in [6.07, 6.45) is 3.29. The SMILES string of the molecule is COc1ccc(C(=O)C=Cc2cc(-c3ccccc3)ccc2OCCN(C)C)c(OC)c1OC. The summed E-state index contributed by atoms with van der Waals surface area (Å²) in [5, 5.41) is 0. The van der Waals surface area contributed by atoms with E-state index in [0.29, 0.717) is 35.2 Å². The monoisotopic (exact) mass is 461 g/mol. The normalized spacial score (nSPS) is 11.0. The van der Waals surface area contributed by atoms with Gasteiger partial charge in [-0.3, -0.25) is 4.79 Å². The number of ether oxygens (including phenoxy) is 4. The molecule has 0 bridgehead atoms. The van der Waals surface area contributed by atoms with Crippen LogP contribution in [-0.4, -0.2) is 59.3 Å². The number of methoxy groups -OCH3 is 3. The molecule has 3 aromatic carbocycles. The molecule has 3 aromatic rings. The summed E-state index contributed by atoms with van der Waals surface area (Å²) in [7, 11) is 8.54. The molecule has 0 aromatic heterocycles. The Balaban J connectivity index is 1.96. The number of carbonyl (C=O) groups is 1. The van der Waals surface area contributed by atoms with Gasteiger partial charge < -0.3 is 23.8 Å². The van der Waals surface area contributed by atoms with Crippen LogP contribution in [0.25, 0.3) is 17.2 Å². The lowest BCUT2D eigenvalue weighted by Gasteiger charge is -2.15. The van der Waals surface area contributed by atoms with E-state index < -0.39 is 0 Å². The van der Waals surface area contributed by atoms with E-state index in [4.69, 9.17) is 18.9 Å². The maximum Gasteiger partial charge on any atom is 0.204 e. The van der Waals surface area contributed by atoms with Crippen molar-refractivity contribution in [3.8, 4) is 34.1 Å². The summed E-state index contributed by atoms with van der Waals surface area (Å²) >= 11 is 0. The van der Waals surface area contributed by atoms with Crippen LogP contribution < -0.4 is 18.9 Å². The van der Waals surface area contributed by atoms with E-state index in [1.165, 1.54) is 27.4 Å². The van der Waals surface area contributed by atoms with Gasteiger partial charge in [-0.1, -0.05) is 36.4 Å². The Hall–Kier alpha value is -3.77. The highest BCUT2D eigenvalue weighted by Crippen LogP contribution is 2.40. The molecule has 0 fully saturated rings. The standard InChI is InChI=1S/C28H31NO5/c1-29(2)17-18-34-25-15-12-21(20-9-7-6-8-10-20)19-22(25)11-14-24(30)23-13-16-26(31-3)28(33-5)27(23)32-4/h6-16,19H,17-18H2,1-5H3. The largest absolute Gasteiger partial charge is 0.493 e. The van der Waals surface area contributed by atoms with E-state index in [0.717, 1.165) is 23.2 Å². The van der Waals surface area contributed by atoms with E-state index >= 15 is 0 Å². The lowest BCUT2D eigenvalue weighted by molar-refractivity contribution is 0.104. The van der Waals surface area contributed by atoms with E-state index in [1.54, 1.807) is 18.2 Å². The lowest BCUT2D eigenvalue weighted by Crippen LogP contribution is -2.19. The first-order valence-electron chi connectivity index (χ1n) is 11.0. The predicted molar refractivity (Wildman–Crippen MR) is 135 cm³/mol. The second-order valence-electron chi connectivity index (χ2n) is 7.85. The first kappa shape index (κ1) is 24.9. The van der Waals surface area contributed by atoms with E-state index in [2.05, 4.69) is 17.0 Å². The first-order valence-corrected chi connectivity index (χ1v) is 11.0. The number of rotatable bonds is 11. The van der Waals surface area contributed by atoms with Crippen molar-refractivity contribution in [1.82, 2.24) is 4.90 Å². The minimum Gasteiger partial charge on any atom is -0.493 e. The number of hydrogen-bond donors (Lipinski definition) is 0. The fourth-order valence-electron chi connectivity index (χ4n) is 3.51. The van der Waals surface area contributed by atoms with Crippen LogP contribution in [0.3, 0.4) is 0 Å². The Bertz CT molecular complexity index is 1140. The smallest absolute Gasteiger partial charge is 0.204 e. The maximum atomic E-state index is 13.1. The molecule has 0 heterocycles. The third-order valence-electron chi connectivity index (χ3n) is 5.30. The first-order chi connectivity index (χ1) is 16.5. The average Bonchev–Trinajstić information content (AvgIpc) is 2.86. The molecule has 6 heteroatoms. The van der Waals surface area contributed by atoms with Gasteiger partial charge in [0.15, 0.2) is 17.3 Å². The van der Waals surface area contributed by atoms with Crippen molar-refractivity contribution >= 4 is 11.9 Å². The van der Waals surface area contributed by atoms with Gasteiger partial charge in [-0.2, -0.15) is 0 Å². The lowest BCUT2D eigenvalue weighted by atomic mass is 10.0. The number of likely N-dealkylation sites (N-methyl/N-ethyl adjacent to an activating group) is 1. The number of allylic oxidation sites excluding steroid dienone is 1. The minimum atomic E-state index is -0.220. The van der Waals surface area contributed by atoms with Crippen LogP contribution in [0.15, 0.2) is 66.7 Å². The van der Waals surface area contributed by atoms with Gasteiger partial charge >= 0.3 is 0 Å². The van der Waals surface area contributed by atoms with E-state index in [-0.39, 0.29) is 5.78 Å². The zero-order valence-corrected chi connectivity index (χ0v) is 20.3. The van der Waals surface area contributed by atoms with Gasteiger partial charge in [0.2, 0.25) is 5.75 Å². The highest BCUT2D eigenvalue weighted by molar-refractivity contribution is 6.09. The second-order valence-corrected chi connectivity index (χ2v) is 7.85. The molecule has 0 radical (unpaired) electrons. The van der Waals surface area contributed by atoms with Crippen LogP contribution in [-0.2, 0) is 0 Å². The Morgan fingerprint density at radius 1 is 0.824 bits per heavy atom. The zero-order chi connectivity index (χ0) is 24.5. The molecule has 0 atom stereocenters. The summed E-state index contributed by atoms with van der Waals surface area (Å²) < 4.78 is 22.2. The van der Waals surface area contributed by atoms with Crippen molar-refractivity contribution in [2.75, 3.05) is 48.6 Å². The van der Waals surface area contributed by atoms with Crippen molar-refractivity contribution in [2.24, 2.45) is 0 Å². The average molecular weight is 462 g/mol. The van der Waals surface area contributed by atoms with Gasteiger partial charge in [0.1, 0.15) is 12.4 Å². The number of ketones is 1. The molecule has 178 valence electrons. The van der Waals surface area contributed by atoms with Crippen molar-refractivity contribution in [1.29, 1.82) is 0 Å². The topological polar surface area (TPSA) is 57.2 Å². The summed E-state index contributed by atoms with van der Waals surface area (Å²) in [6.45, 7) is 1.32. The molecular formula is C28H31NO5. The summed E-state index contributed by atoms with van der Waals surface area (Å²) in [6, 6.07) is 19.4. The van der Waals surface area contributed by atoms with Gasteiger partial charge in [-0.15, -0.1) is 0 Å². The fraction of sp³-hybridized carbons (Fsp3) is 0.250. The van der Waals surface area contributed by atoms with Gasteiger partial charge in [0.05, 0.1) is 26.9 Å². The highest BCUT2D eigenvalue weighted by Gasteiger charge is 2.19. The van der Waals surface area contributed by atoms with Crippen molar-refractivity contribution in [2.45, 2.75) is 0 Å². The fourth-order valence-corrected chi connectivity index (χ4v) is 3.51. The molecule has 34 heavy (non-hydrogen) atoms. The van der Waals surface area contributed by atoms with Crippen LogP contribution in [0.4, 0.5) is 0 Å². The highest BCUT2D eigenvalue weighted by atomic mass is 16.5. The number of benzene rings is 3. The van der Waals surface area contributed by atoms with Crippen LogP contribution in [0.5, 0.6) is 23.0 Å². The summed E-state index contributed by atoms with van der Waals surface area (Å²) in [4.78, 5) is 15.2. The molecular weight excluding hydrogens is 430 g/mol. The van der Waals surface area contributed by atoms with E-state index in [1.807, 2.05) is 50.5 Å². The molecule has 0 spiro atoms. The van der Waals surface area contributed by atoms with Gasteiger partial charge in [-0.05, 0) is 61.6 Å². The molecule has 0 aliphatic carbocycles.